The third-order valence-corrected chi connectivity index (χ3v) is 5.74. The predicted octanol–water partition coefficient (Wildman–Crippen LogP) is 4.64. The highest BCUT2D eigenvalue weighted by Crippen LogP contribution is 2.34. The van der Waals surface area contributed by atoms with Gasteiger partial charge in [0, 0.05) is 31.6 Å². The lowest BCUT2D eigenvalue weighted by Crippen LogP contribution is -2.56. The molecule has 2 unspecified atom stereocenters. The molecule has 2 aliphatic heterocycles. The van der Waals surface area contributed by atoms with Crippen molar-refractivity contribution in [2.24, 2.45) is 0 Å². The van der Waals surface area contributed by atoms with Crippen LogP contribution in [0.1, 0.15) is 23.1 Å². The van der Waals surface area contributed by atoms with Crippen LogP contribution in [-0.2, 0) is 6.42 Å². The van der Waals surface area contributed by atoms with Gasteiger partial charge in [0.2, 0.25) is 0 Å². The van der Waals surface area contributed by atoms with Crippen molar-refractivity contribution in [3.05, 3.63) is 69.2 Å². The van der Waals surface area contributed by atoms with E-state index >= 15 is 0 Å². The molecule has 4 rings (SSSR count). The zero-order valence-corrected chi connectivity index (χ0v) is 16.9. The van der Waals surface area contributed by atoms with Gasteiger partial charge in [-0.1, -0.05) is 53.5 Å². The first-order chi connectivity index (χ1) is 13.1. The number of halogens is 2. The van der Waals surface area contributed by atoms with Gasteiger partial charge in [-0.15, -0.1) is 0 Å². The minimum Gasteiger partial charge on any atom is -0.490 e. The van der Waals surface area contributed by atoms with Gasteiger partial charge in [0.25, 0.3) is 0 Å². The Morgan fingerprint density at radius 2 is 1.81 bits per heavy atom. The first-order valence-electron chi connectivity index (χ1n) is 9.44. The lowest BCUT2D eigenvalue weighted by molar-refractivity contribution is 0.322. The molecule has 3 nitrogen and oxygen atoms in total. The summed E-state index contributed by atoms with van der Waals surface area (Å²) in [6, 6.07) is 13.6. The third-order valence-electron chi connectivity index (χ3n) is 5.18. The number of piperazine rings is 1. The zero-order chi connectivity index (χ0) is 18.8. The summed E-state index contributed by atoms with van der Waals surface area (Å²) in [5.41, 5.74) is 5.04. The van der Waals surface area contributed by atoms with Gasteiger partial charge in [0.05, 0.1) is 16.7 Å². The maximum atomic E-state index is 6.24. The van der Waals surface area contributed by atoms with Gasteiger partial charge in [-0.2, -0.15) is 0 Å². The number of aryl methyl sites for hydroxylation is 1. The molecule has 2 bridgehead atoms. The number of hydrogen-bond donors (Lipinski definition) is 2. The van der Waals surface area contributed by atoms with Crippen molar-refractivity contribution in [1.82, 2.24) is 10.6 Å². The van der Waals surface area contributed by atoms with E-state index in [9.17, 15) is 0 Å². The smallest absolute Gasteiger partial charge is 0.156 e. The van der Waals surface area contributed by atoms with E-state index in [-0.39, 0.29) is 0 Å². The Kier molecular flexibility index (Phi) is 5.74. The van der Waals surface area contributed by atoms with Crippen LogP contribution in [-0.4, -0.2) is 31.8 Å². The molecule has 2 N–H and O–H groups in total. The molecule has 2 aromatic carbocycles. The molecule has 2 atom stereocenters. The second-order valence-electron chi connectivity index (χ2n) is 7.38. The van der Waals surface area contributed by atoms with Crippen molar-refractivity contribution in [3.63, 3.8) is 0 Å². The summed E-state index contributed by atoms with van der Waals surface area (Å²) < 4.78 is 5.83. The predicted molar refractivity (Wildman–Crippen MR) is 113 cm³/mol. The van der Waals surface area contributed by atoms with Crippen LogP contribution < -0.4 is 15.4 Å². The largest absolute Gasteiger partial charge is 0.490 e. The van der Waals surface area contributed by atoms with E-state index < -0.39 is 0 Å². The first-order valence-corrected chi connectivity index (χ1v) is 10.2. The Labute approximate surface area is 170 Å². The van der Waals surface area contributed by atoms with Crippen molar-refractivity contribution in [2.45, 2.75) is 31.8 Å². The molecule has 0 radical (unpaired) electrons. The molecule has 2 aromatic rings. The summed E-state index contributed by atoms with van der Waals surface area (Å²) in [6.45, 7) is 4.57. The molecule has 0 aliphatic carbocycles. The Bertz CT molecular complexity index is 825. The van der Waals surface area contributed by atoms with Gasteiger partial charge >= 0.3 is 0 Å². The quantitative estimate of drug-likeness (QED) is 0.763. The highest BCUT2D eigenvalue weighted by molar-refractivity contribution is 6.37. The van der Waals surface area contributed by atoms with Crippen molar-refractivity contribution < 1.29 is 4.74 Å². The van der Waals surface area contributed by atoms with Crippen molar-refractivity contribution in [3.8, 4) is 5.75 Å². The fourth-order valence-electron chi connectivity index (χ4n) is 3.84. The van der Waals surface area contributed by atoms with Gasteiger partial charge in [0.1, 0.15) is 0 Å². The molecular formula is C22H24Cl2N2O. The number of rotatable bonds is 5. The van der Waals surface area contributed by atoms with Crippen LogP contribution in [0.3, 0.4) is 0 Å². The molecule has 0 spiro atoms. The minimum atomic E-state index is 0.449. The zero-order valence-electron chi connectivity index (χ0n) is 15.4. The highest BCUT2D eigenvalue weighted by Gasteiger charge is 2.25. The van der Waals surface area contributed by atoms with Crippen LogP contribution in [0.4, 0.5) is 0 Å². The first kappa shape index (κ1) is 18.8. The lowest BCUT2D eigenvalue weighted by atomic mass is 9.90. The number of nitrogens with one attached hydrogen (secondary N) is 2. The number of benzene rings is 2. The Morgan fingerprint density at radius 3 is 2.52 bits per heavy atom. The second kappa shape index (κ2) is 8.24. The molecule has 2 heterocycles. The van der Waals surface area contributed by atoms with Crippen LogP contribution in [0, 0.1) is 6.92 Å². The highest BCUT2D eigenvalue weighted by atomic mass is 35.5. The molecule has 5 heteroatoms. The van der Waals surface area contributed by atoms with Crippen LogP contribution in [0.2, 0.25) is 10.0 Å². The van der Waals surface area contributed by atoms with E-state index in [4.69, 9.17) is 27.9 Å². The Hall–Kier alpha value is -1.52. The van der Waals surface area contributed by atoms with E-state index in [1.54, 1.807) is 0 Å². The summed E-state index contributed by atoms with van der Waals surface area (Å²) in [7, 11) is 0. The monoisotopic (exact) mass is 402 g/mol. The molecular weight excluding hydrogens is 379 g/mol. The summed E-state index contributed by atoms with van der Waals surface area (Å²) in [6.07, 6.45) is 4.26. The van der Waals surface area contributed by atoms with Crippen LogP contribution in [0.25, 0.3) is 5.57 Å². The Morgan fingerprint density at radius 1 is 1.07 bits per heavy atom. The number of hydrogen-bond acceptors (Lipinski definition) is 3. The SMILES string of the molecule is Cc1cc(Cl)c(OCCc2ccc(C3=CC4CNCC(C3)N4)cc2)c(Cl)c1. The minimum absolute atomic E-state index is 0.449. The third kappa shape index (κ3) is 4.49. The summed E-state index contributed by atoms with van der Waals surface area (Å²) in [5.74, 6) is 0.570. The van der Waals surface area contributed by atoms with Gasteiger partial charge in [-0.25, -0.2) is 0 Å². The molecule has 2 aliphatic rings. The molecule has 0 amide bonds. The fraction of sp³-hybridized carbons (Fsp3) is 0.364. The number of fused-ring (bicyclic) bond motifs is 2. The van der Waals surface area contributed by atoms with E-state index in [1.807, 2.05) is 19.1 Å². The lowest BCUT2D eigenvalue weighted by Gasteiger charge is -2.35. The summed E-state index contributed by atoms with van der Waals surface area (Å²) >= 11 is 12.5. The van der Waals surface area contributed by atoms with Gasteiger partial charge in [-0.05, 0) is 47.7 Å². The summed E-state index contributed by atoms with van der Waals surface area (Å²) in [5, 5.41) is 8.24. The van der Waals surface area contributed by atoms with E-state index in [0.717, 1.165) is 31.5 Å². The number of ether oxygens (including phenoxy) is 1. The molecule has 0 saturated carbocycles. The van der Waals surface area contributed by atoms with Crippen LogP contribution in [0.5, 0.6) is 5.75 Å². The van der Waals surface area contributed by atoms with E-state index in [1.165, 1.54) is 16.7 Å². The molecule has 1 fully saturated rings. The Balaban J connectivity index is 1.37. The van der Waals surface area contributed by atoms with Crippen LogP contribution >= 0.6 is 23.2 Å². The average molecular weight is 403 g/mol. The molecule has 27 heavy (non-hydrogen) atoms. The standard InChI is InChI=1S/C22H24Cl2N2O/c1-14-8-20(23)22(21(24)9-14)27-7-6-15-2-4-16(5-3-15)17-10-18-12-25-13-19(11-17)26-18/h2-5,8-10,18-19,25-26H,6-7,11-13H2,1H3. The van der Waals surface area contributed by atoms with Crippen molar-refractivity contribution in [1.29, 1.82) is 0 Å². The molecule has 142 valence electrons. The van der Waals surface area contributed by atoms with Gasteiger partial charge < -0.3 is 15.4 Å². The second-order valence-corrected chi connectivity index (χ2v) is 8.19. The van der Waals surface area contributed by atoms with Crippen molar-refractivity contribution >= 4 is 28.8 Å². The van der Waals surface area contributed by atoms with Crippen molar-refractivity contribution in [2.75, 3.05) is 19.7 Å². The topological polar surface area (TPSA) is 33.3 Å². The summed E-state index contributed by atoms with van der Waals surface area (Å²) in [4.78, 5) is 0. The fourth-order valence-corrected chi connectivity index (χ4v) is 4.55. The van der Waals surface area contributed by atoms with Gasteiger partial charge in [0.15, 0.2) is 5.75 Å². The van der Waals surface area contributed by atoms with Gasteiger partial charge in [-0.3, -0.25) is 0 Å². The van der Waals surface area contributed by atoms with E-state index in [2.05, 4.69) is 41.0 Å². The average Bonchev–Trinajstić information content (AvgIpc) is 2.64. The van der Waals surface area contributed by atoms with Crippen LogP contribution in [0.15, 0.2) is 42.5 Å². The normalized spacial score (nSPS) is 21.7. The maximum Gasteiger partial charge on any atom is 0.156 e. The molecule has 1 saturated heterocycles. The molecule has 0 aromatic heterocycles. The van der Waals surface area contributed by atoms with E-state index in [0.29, 0.717) is 34.5 Å². The maximum absolute atomic E-state index is 6.24.